The number of alkyl halides is 3. The van der Waals surface area contributed by atoms with Crippen LogP contribution in [0.25, 0.3) is 0 Å². The van der Waals surface area contributed by atoms with Crippen molar-refractivity contribution in [2.24, 2.45) is 0 Å². The molecule has 0 aliphatic carbocycles. The van der Waals surface area contributed by atoms with Crippen LogP contribution >= 0.6 is 23.4 Å². The molecule has 1 aromatic carbocycles. The molecule has 3 rings (SSSR count). The van der Waals surface area contributed by atoms with Crippen LogP contribution in [0.2, 0.25) is 5.02 Å². The van der Waals surface area contributed by atoms with Gasteiger partial charge in [-0.1, -0.05) is 23.4 Å². The van der Waals surface area contributed by atoms with Crippen molar-refractivity contribution in [1.82, 2.24) is 15.3 Å². The van der Waals surface area contributed by atoms with Crippen molar-refractivity contribution >= 4 is 46.7 Å². The van der Waals surface area contributed by atoms with Gasteiger partial charge in [-0.3, -0.25) is 4.79 Å². The van der Waals surface area contributed by atoms with Gasteiger partial charge in [0.2, 0.25) is 0 Å². The Morgan fingerprint density at radius 1 is 0.969 bits per heavy atom. The van der Waals surface area contributed by atoms with Gasteiger partial charge in [0.25, 0.3) is 5.91 Å². The summed E-state index contributed by atoms with van der Waals surface area (Å²) in [5.74, 6) is -0.240. The second-order valence-electron chi connectivity index (χ2n) is 6.22. The second-order valence-corrected chi connectivity index (χ2v) is 7.67. The lowest BCUT2D eigenvalue weighted by Crippen LogP contribution is -2.20. The number of nitrogens with one attached hydrogen (secondary N) is 3. The number of anilines is 2. The fourth-order valence-corrected chi connectivity index (χ4v) is 3.47. The molecule has 0 saturated heterocycles. The smallest absolute Gasteiger partial charge is 0.355 e. The van der Waals surface area contributed by atoms with Crippen LogP contribution in [0.4, 0.5) is 29.3 Å². The van der Waals surface area contributed by atoms with Gasteiger partial charge in [-0.25, -0.2) is 14.8 Å². The van der Waals surface area contributed by atoms with Gasteiger partial charge in [-0.15, -0.1) is 0 Å². The lowest BCUT2D eigenvalue weighted by Gasteiger charge is -2.12. The van der Waals surface area contributed by atoms with E-state index in [1.165, 1.54) is 37.3 Å². The van der Waals surface area contributed by atoms with Crippen LogP contribution in [0.5, 0.6) is 0 Å². The van der Waals surface area contributed by atoms with E-state index in [4.69, 9.17) is 11.6 Å². The van der Waals surface area contributed by atoms with Crippen LogP contribution in [0.3, 0.4) is 0 Å². The van der Waals surface area contributed by atoms with E-state index >= 15 is 0 Å². The summed E-state index contributed by atoms with van der Waals surface area (Å²) in [6.45, 7) is 0. The first-order valence-corrected chi connectivity index (χ1v) is 10.1. The number of urea groups is 1. The lowest BCUT2D eigenvalue weighted by molar-refractivity contribution is -0.137. The molecule has 0 spiro atoms. The van der Waals surface area contributed by atoms with Crippen molar-refractivity contribution in [3.63, 3.8) is 0 Å². The van der Waals surface area contributed by atoms with E-state index in [0.29, 0.717) is 21.3 Å². The average molecular weight is 482 g/mol. The quantitative estimate of drug-likeness (QED) is 0.459. The summed E-state index contributed by atoms with van der Waals surface area (Å²) in [7, 11) is 1.53. The number of benzene rings is 1. The third kappa shape index (κ3) is 6.11. The Balaban J connectivity index is 1.62. The maximum atomic E-state index is 12.9. The Hall–Kier alpha value is -3.31. The first-order valence-electron chi connectivity index (χ1n) is 8.92. The Morgan fingerprint density at radius 2 is 1.69 bits per heavy atom. The van der Waals surface area contributed by atoms with Gasteiger partial charge in [0, 0.05) is 24.5 Å². The van der Waals surface area contributed by atoms with Gasteiger partial charge in [0.15, 0.2) is 0 Å². The van der Waals surface area contributed by atoms with E-state index in [-0.39, 0.29) is 11.6 Å². The maximum absolute atomic E-state index is 12.9. The summed E-state index contributed by atoms with van der Waals surface area (Å²) >= 11 is 6.78. The summed E-state index contributed by atoms with van der Waals surface area (Å²) in [5, 5.41) is 7.98. The highest BCUT2D eigenvalue weighted by Crippen LogP contribution is 2.36. The van der Waals surface area contributed by atoms with Crippen molar-refractivity contribution in [2.45, 2.75) is 16.2 Å². The highest BCUT2D eigenvalue weighted by atomic mass is 35.5. The van der Waals surface area contributed by atoms with Gasteiger partial charge >= 0.3 is 12.2 Å². The van der Waals surface area contributed by atoms with Crippen LogP contribution in [0.15, 0.2) is 64.9 Å². The molecule has 0 radical (unpaired) electrons. The molecule has 2 heterocycles. The summed E-state index contributed by atoms with van der Waals surface area (Å²) in [6, 6.07) is 8.71. The fourth-order valence-electron chi connectivity index (χ4n) is 2.49. The molecule has 32 heavy (non-hydrogen) atoms. The number of halogens is 4. The number of rotatable bonds is 5. The highest BCUT2D eigenvalue weighted by Gasteiger charge is 2.33. The lowest BCUT2D eigenvalue weighted by atomic mass is 10.2. The first kappa shape index (κ1) is 23.4. The van der Waals surface area contributed by atoms with Gasteiger partial charge in [-0.05, 0) is 42.5 Å². The average Bonchev–Trinajstić information content (AvgIpc) is 2.75. The molecule has 0 aliphatic rings. The van der Waals surface area contributed by atoms with E-state index in [1.807, 2.05) is 0 Å². The van der Waals surface area contributed by atoms with Crippen molar-refractivity contribution < 1.29 is 22.8 Å². The van der Waals surface area contributed by atoms with Gasteiger partial charge in [0.1, 0.15) is 10.1 Å². The molecule has 0 unspecified atom stereocenters. The summed E-state index contributed by atoms with van der Waals surface area (Å²) in [6.07, 6.45) is -1.75. The van der Waals surface area contributed by atoms with Crippen LogP contribution < -0.4 is 16.0 Å². The molecule has 12 heteroatoms. The first-order chi connectivity index (χ1) is 15.2. The molecule has 2 aromatic heterocycles. The Labute approximate surface area is 189 Å². The molecule has 0 saturated carbocycles. The number of pyridine rings is 2. The number of amides is 3. The number of nitrogens with zero attached hydrogens (tertiary/aromatic N) is 2. The predicted molar refractivity (Wildman–Crippen MR) is 115 cm³/mol. The van der Waals surface area contributed by atoms with E-state index in [0.717, 1.165) is 12.1 Å². The minimum Gasteiger partial charge on any atom is -0.355 e. The zero-order chi connectivity index (χ0) is 23.3. The van der Waals surface area contributed by atoms with Crippen LogP contribution in [-0.2, 0) is 6.18 Å². The molecule has 3 N–H and O–H groups in total. The number of carbonyl (C=O) groups excluding carboxylic acids is 2. The molecule has 7 nitrogen and oxygen atoms in total. The predicted octanol–water partition coefficient (Wildman–Crippen LogP) is 5.30. The normalized spacial score (nSPS) is 11.0. The molecule has 3 aromatic rings. The molecule has 0 aliphatic heterocycles. The number of carbonyl (C=O) groups is 2. The molecule has 3 amide bonds. The van der Waals surface area contributed by atoms with Crippen LogP contribution in [0, 0.1) is 0 Å². The standard InChI is InChI=1S/C20H15ClF3N5O2S/c1-25-18(30)11-6-7-26-17(8-11)32-16-5-3-13(10-27-16)29-19(31)28-12-2-4-15(21)14(9-12)20(22,23)24/h2-10H,1H3,(H,25,30)(H2,28,29,31). The second kappa shape index (κ2) is 9.88. The number of hydrogen-bond acceptors (Lipinski definition) is 5. The van der Waals surface area contributed by atoms with E-state index in [2.05, 4.69) is 25.9 Å². The van der Waals surface area contributed by atoms with E-state index in [9.17, 15) is 22.8 Å². The van der Waals surface area contributed by atoms with Gasteiger partial charge in [0.05, 0.1) is 22.5 Å². The Bertz CT molecular complexity index is 1140. The molecular weight excluding hydrogens is 467 g/mol. The molecular formula is C20H15ClF3N5O2S. The zero-order valence-corrected chi connectivity index (χ0v) is 17.9. The third-order valence-corrected chi connectivity index (χ3v) is 5.17. The SMILES string of the molecule is CNC(=O)c1ccnc(Sc2ccc(NC(=O)Nc3ccc(Cl)c(C(F)(F)F)c3)cn2)c1. The van der Waals surface area contributed by atoms with Gasteiger partial charge in [-0.2, -0.15) is 13.2 Å². The fraction of sp³-hybridized carbons (Fsp3) is 0.100. The van der Waals surface area contributed by atoms with Crippen LogP contribution in [0.1, 0.15) is 15.9 Å². The van der Waals surface area contributed by atoms with Crippen molar-refractivity contribution in [3.05, 3.63) is 71.0 Å². The van der Waals surface area contributed by atoms with Crippen LogP contribution in [-0.4, -0.2) is 29.0 Å². The molecule has 166 valence electrons. The van der Waals surface area contributed by atoms with Crippen molar-refractivity contribution in [3.8, 4) is 0 Å². The number of aromatic nitrogens is 2. The third-order valence-electron chi connectivity index (χ3n) is 3.96. The van der Waals surface area contributed by atoms with Gasteiger partial charge < -0.3 is 16.0 Å². The highest BCUT2D eigenvalue weighted by molar-refractivity contribution is 7.99. The monoisotopic (exact) mass is 481 g/mol. The minimum absolute atomic E-state index is 0.0681. The van der Waals surface area contributed by atoms with Crippen molar-refractivity contribution in [2.75, 3.05) is 17.7 Å². The largest absolute Gasteiger partial charge is 0.417 e. The number of hydrogen-bond donors (Lipinski definition) is 3. The topological polar surface area (TPSA) is 96.0 Å². The zero-order valence-electron chi connectivity index (χ0n) is 16.3. The van der Waals surface area contributed by atoms with E-state index < -0.39 is 22.8 Å². The van der Waals surface area contributed by atoms with E-state index in [1.54, 1.807) is 24.3 Å². The molecule has 0 fully saturated rings. The molecule has 0 atom stereocenters. The maximum Gasteiger partial charge on any atom is 0.417 e. The molecule has 0 bridgehead atoms. The summed E-state index contributed by atoms with van der Waals surface area (Å²) in [4.78, 5) is 32.2. The Kier molecular flexibility index (Phi) is 7.21. The van der Waals surface area contributed by atoms with Crippen molar-refractivity contribution in [1.29, 1.82) is 0 Å². The summed E-state index contributed by atoms with van der Waals surface area (Å²) < 4.78 is 38.8. The minimum atomic E-state index is -4.64. The Morgan fingerprint density at radius 3 is 2.34 bits per heavy atom. The summed E-state index contributed by atoms with van der Waals surface area (Å²) in [5.41, 5.74) is -0.338.